The third kappa shape index (κ3) is 2.91. The van der Waals surface area contributed by atoms with E-state index in [9.17, 15) is 18.4 Å². The predicted octanol–water partition coefficient (Wildman–Crippen LogP) is -0.180. The van der Waals surface area contributed by atoms with Crippen molar-refractivity contribution in [2.75, 3.05) is 26.3 Å². The normalized spacial score (nSPS) is 16.6. The van der Waals surface area contributed by atoms with E-state index in [1.165, 1.54) is 0 Å². The number of imide groups is 1. The van der Waals surface area contributed by atoms with Gasteiger partial charge >= 0.3 is 6.03 Å². The van der Waals surface area contributed by atoms with Crippen molar-refractivity contribution in [3.8, 4) is 0 Å². The minimum Gasteiger partial charge on any atom is -0.374 e. The van der Waals surface area contributed by atoms with Crippen LogP contribution in [0.5, 0.6) is 0 Å². The molecular weight excluding hydrogens is 198 g/mol. The number of urea groups is 1. The molecule has 0 unspecified atom stereocenters. The van der Waals surface area contributed by atoms with Crippen LogP contribution in [0.3, 0.4) is 0 Å². The summed E-state index contributed by atoms with van der Waals surface area (Å²) in [4.78, 5) is 22.8. The van der Waals surface area contributed by atoms with E-state index in [0.717, 1.165) is 4.90 Å². The molecule has 0 aromatic rings. The molecule has 1 N–H and O–H groups in total. The molecule has 0 bridgehead atoms. The largest absolute Gasteiger partial charge is 0.374 e. The minimum atomic E-state index is -2.53. The molecule has 0 aromatic carbocycles. The van der Waals surface area contributed by atoms with Gasteiger partial charge in [-0.2, -0.15) is 0 Å². The fourth-order valence-corrected chi connectivity index (χ4v) is 1.01. The summed E-state index contributed by atoms with van der Waals surface area (Å²) in [5, 5.41) is 2.30. The van der Waals surface area contributed by atoms with Crippen LogP contribution in [0.25, 0.3) is 0 Å². The van der Waals surface area contributed by atoms with Crippen molar-refractivity contribution in [3.05, 3.63) is 0 Å². The first kappa shape index (κ1) is 10.8. The summed E-state index contributed by atoms with van der Waals surface area (Å²) in [5.41, 5.74) is 0. The second-order valence-corrected chi connectivity index (χ2v) is 2.67. The Kier molecular flexibility index (Phi) is 3.75. The van der Waals surface area contributed by atoms with Crippen LogP contribution >= 0.6 is 0 Å². The predicted molar refractivity (Wildman–Crippen MR) is 41.9 cm³/mol. The van der Waals surface area contributed by atoms with Crippen LogP contribution in [-0.4, -0.2) is 49.6 Å². The minimum absolute atomic E-state index is 0.0113. The van der Waals surface area contributed by atoms with Crippen LogP contribution < -0.4 is 5.32 Å². The molecule has 5 nitrogen and oxygen atoms in total. The Labute approximate surface area is 79.0 Å². The highest BCUT2D eigenvalue weighted by atomic mass is 19.3. The van der Waals surface area contributed by atoms with Gasteiger partial charge < -0.3 is 10.1 Å². The van der Waals surface area contributed by atoms with Crippen molar-refractivity contribution in [1.82, 2.24) is 10.2 Å². The van der Waals surface area contributed by atoms with Gasteiger partial charge in [0.25, 0.3) is 6.43 Å². The Morgan fingerprint density at radius 3 is 2.71 bits per heavy atom. The van der Waals surface area contributed by atoms with E-state index >= 15 is 0 Å². The van der Waals surface area contributed by atoms with E-state index in [1.807, 2.05) is 0 Å². The molecule has 7 heteroatoms. The molecule has 80 valence electrons. The molecule has 1 heterocycles. The monoisotopic (exact) mass is 208 g/mol. The second-order valence-electron chi connectivity index (χ2n) is 2.67. The van der Waals surface area contributed by atoms with Crippen LogP contribution in [0.4, 0.5) is 13.6 Å². The molecule has 0 aromatic heterocycles. The zero-order chi connectivity index (χ0) is 10.6. The Balaban J connectivity index is 2.17. The average Bonchev–Trinajstić information content (AvgIpc) is 2.42. The highest BCUT2D eigenvalue weighted by Crippen LogP contribution is 1.99. The number of alkyl halides is 2. The third-order valence-corrected chi connectivity index (χ3v) is 1.64. The van der Waals surface area contributed by atoms with Gasteiger partial charge in [-0.25, -0.2) is 13.6 Å². The Bertz CT molecular complexity index is 219. The van der Waals surface area contributed by atoms with Gasteiger partial charge in [0.05, 0.1) is 19.7 Å². The van der Waals surface area contributed by atoms with Crippen LogP contribution in [0.2, 0.25) is 0 Å². The van der Waals surface area contributed by atoms with Gasteiger partial charge in [0.15, 0.2) is 0 Å². The number of nitrogens with one attached hydrogen (secondary N) is 1. The SMILES string of the molecule is O=C1CNC(=O)N1CCOCC(F)F. The lowest BCUT2D eigenvalue weighted by Crippen LogP contribution is -2.34. The van der Waals surface area contributed by atoms with Gasteiger partial charge in [-0.3, -0.25) is 9.69 Å². The van der Waals surface area contributed by atoms with E-state index < -0.39 is 19.1 Å². The number of nitrogens with zero attached hydrogens (tertiary/aromatic N) is 1. The standard InChI is InChI=1S/C7H10F2N2O3/c8-5(9)4-14-2-1-11-6(12)3-10-7(11)13/h5H,1-4H2,(H,10,13). The average molecular weight is 208 g/mol. The van der Waals surface area contributed by atoms with Crippen LogP contribution in [0, 0.1) is 0 Å². The highest BCUT2D eigenvalue weighted by Gasteiger charge is 2.27. The number of hydrogen-bond acceptors (Lipinski definition) is 3. The molecule has 1 aliphatic heterocycles. The summed E-state index contributed by atoms with van der Waals surface area (Å²) < 4.78 is 27.7. The van der Waals surface area contributed by atoms with Gasteiger partial charge in [0.2, 0.25) is 5.91 Å². The fourth-order valence-electron chi connectivity index (χ4n) is 1.01. The molecule has 0 aliphatic carbocycles. The first-order chi connectivity index (χ1) is 6.61. The van der Waals surface area contributed by atoms with Gasteiger partial charge in [-0.15, -0.1) is 0 Å². The summed E-state index contributed by atoms with van der Waals surface area (Å²) in [6.45, 7) is -0.766. The van der Waals surface area contributed by atoms with Gasteiger partial charge in [0, 0.05) is 0 Å². The molecule has 1 aliphatic rings. The maximum Gasteiger partial charge on any atom is 0.324 e. The molecule has 1 fully saturated rings. The highest BCUT2D eigenvalue weighted by molar-refractivity contribution is 6.01. The zero-order valence-electron chi connectivity index (χ0n) is 7.33. The van der Waals surface area contributed by atoms with E-state index in [0.29, 0.717) is 0 Å². The van der Waals surface area contributed by atoms with Crippen molar-refractivity contribution < 1.29 is 23.1 Å². The number of carbonyl (C=O) groups excluding carboxylic acids is 2. The number of ether oxygens (including phenoxy) is 1. The fraction of sp³-hybridized carbons (Fsp3) is 0.714. The maximum atomic E-state index is 11.6. The number of halogens is 2. The summed E-state index contributed by atoms with van der Waals surface area (Å²) >= 11 is 0. The number of hydrogen-bond donors (Lipinski definition) is 1. The van der Waals surface area contributed by atoms with Crippen LogP contribution in [0.1, 0.15) is 0 Å². The summed E-state index contributed by atoms with van der Waals surface area (Å²) in [6.07, 6.45) is -2.53. The number of rotatable bonds is 5. The topological polar surface area (TPSA) is 58.6 Å². The second kappa shape index (κ2) is 4.85. The molecule has 0 atom stereocenters. The van der Waals surface area contributed by atoms with E-state index in [4.69, 9.17) is 0 Å². The van der Waals surface area contributed by atoms with Crippen molar-refractivity contribution in [3.63, 3.8) is 0 Å². The lowest BCUT2D eigenvalue weighted by Gasteiger charge is -2.11. The molecule has 1 saturated heterocycles. The molecular formula is C7H10F2N2O3. The van der Waals surface area contributed by atoms with E-state index in [1.54, 1.807) is 0 Å². The maximum absolute atomic E-state index is 11.6. The van der Waals surface area contributed by atoms with Crippen LogP contribution in [-0.2, 0) is 9.53 Å². The Morgan fingerprint density at radius 2 is 2.21 bits per heavy atom. The first-order valence-electron chi connectivity index (χ1n) is 4.05. The van der Waals surface area contributed by atoms with Crippen molar-refractivity contribution >= 4 is 11.9 Å². The summed E-state index contributed by atoms with van der Waals surface area (Å²) in [7, 11) is 0. The summed E-state index contributed by atoms with van der Waals surface area (Å²) in [5.74, 6) is -0.365. The van der Waals surface area contributed by atoms with Crippen molar-refractivity contribution in [1.29, 1.82) is 0 Å². The van der Waals surface area contributed by atoms with Gasteiger partial charge in [0.1, 0.15) is 6.61 Å². The molecule has 0 radical (unpaired) electrons. The molecule has 3 amide bonds. The number of amides is 3. The number of carbonyl (C=O) groups is 2. The molecule has 0 saturated carbocycles. The Hall–Kier alpha value is -1.24. The van der Waals surface area contributed by atoms with Crippen LogP contribution in [0.15, 0.2) is 0 Å². The lowest BCUT2D eigenvalue weighted by molar-refractivity contribution is -0.125. The smallest absolute Gasteiger partial charge is 0.324 e. The molecule has 0 spiro atoms. The van der Waals surface area contributed by atoms with Gasteiger partial charge in [-0.05, 0) is 0 Å². The molecule has 14 heavy (non-hydrogen) atoms. The van der Waals surface area contributed by atoms with Gasteiger partial charge in [-0.1, -0.05) is 0 Å². The summed E-state index contributed by atoms with van der Waals surface area (Å²) in [6, 6.07) is -0.504. The first-order valence-corrected chi connectivity index (χ1v) is 4.05. The Morgan fingerprint density at radius 1 is 1.50 bits per heavy atom. The van der Waals surface area contributed by atoms with E-state index in [2.05, 4.69) is 10.1 Å². The van der Waals surface area contributed by atoms with Crippen molar-refractivity contribution in [2.45, 2.75) is 6.43 Å². The van der Waals surface area contributed by atoms with E-state index in [-0.39, 0.29) is 25.6 Å². The quantitative estimate of drug-likeness (QED) is 0.503. The van der Waals surface area contributed by atoms with Crippen molar-refractivity contribution in [2.24, 2.45) is 0 Å². The third-order valence-electron chi connectivity index (χ3n) is 1.64. The molecule has 1 rings (SSSR count). The zero-order valence-corrected chi connectivity index (χ0v) is 7.33. The lowest BCUT2D eigenvalue weighted by atomic mass is 10.5.